The van der Waals surface area contributed by atoms with Crippen LogP contribution in [0.5, 0.6) is 0 Å². The van der Waals surface area contributed by atoms with E-state index in [9.17, 15) is 9.59 Å². The number of hydrogen-bond acceptors (Lipinski definition) is 4. The number of fused-ring (bicyclic) bond motifs is 1. The number of carboxylic acid groups (broad SMARTS) is 1. The normalized spacial score (nSPS) is 20.4. The topological polar surface area (TPSA) is 98.3 Å². The first-order valence-corrected chi connectivity index (χ1v) is 7.77. The van der Waals surface area contributed by atoms with Gasteiger partial charge in [-0.15, -0.1) is 0 Å². The number of carbonyl (C=O) groups excluding carboxylic acids is 1. The number of aromatic nitrogens is 2. The molecule has 3 rings (SSSR count). The predicted molar refractivity (Wildman–Crippen MR) is 85.3 cm³/mol. The summed E-state index contributed by atoms with van der Waals surface area (Å²) in [6, 6.07) is 5.83. The first kappa shape index (κ1) is 15.5. The molecule has 0 atom stereocenters. The smallest absolute Gasteiger partial charge is 0.317 e. The van der Waals surface area contributed by atoms with Gasteiger partial charge >= 0.3 is 5.97 Å². The maximum Gasteiger partial charge on any atom is 0.317 e. The van der Waals surface area contributed by atoms with Crippen molar-refractivity contribution in [3.8, 4) is 0 Å². The molecule has 23 heavy (non-hydrogen) atoms. The van der Waals surface area contributed by atoms with Crippen LogP contribution >= 0.6 is 0 Å². The van der Waals surface area contributed by atoms with Gasteiger partial charge in [-0.05, 0) is 25.5 Å². The zero-order valence-corrected chi connectivity index (χ0v) is 13.0. The second kappa shape index (κ2) is 6.37. The highest BCUT2D eigenvalue weighted by atomic mass is 16.4. The first-order chi connectivity index (χ1) is 11.1. The monoisotopic (exact) mass is 316 g/mol. The lowest BCUT2D eigenvalue weighted by Crippen LogP contribution is -2.54. The van der Waals surface area contributed by atoms with Crippen LogP contribution in [0.15, 0.2) is 24.4 Å². The highest BCUT2D eigenvalue weighted by molar-refractivity contribution is 6.05. The standard InChI is InChI=1S/C16H20N4O3/c1-2-20(9-14(21)22)12-6-11(7-12)18-16(23)13-5-3-4-10-8-17-19-15(10)13/h3-5,8,11-12H,2,6-7,9H2,1H3,(H,17,19)(H,18,23)(H,21,22). The molecule has 3 N–H and O–H groups in total. The van der Waals surface area contributed by atoms with E-state index in [0.717, 1.165) is 23.7 Å². The van der Waals surface area contributed by atoms with Crippen molar-refractivity contribution in [2.75, 3.05) is 13.1 Å². The molecule has 0 saturated heterocycles. The molecule has 1 aliphatic rings. The molecule has 7 heteroatoms. The van der Waals surface area contributed by atoms with E-state index in [1.165, 1.54) is 0 Å². The van der Waals surface area contributed by atoms with Gasteiger partial charge in [0, 0.05) is 17.5 Å². The molecule has 1 heterocycles. The fraction of sp³-hybridized carbons (Fsp3) is 0.438. The van der Waals surface area contributed by atoms with Crippen LogP contribution in [0, 0.1) is 0 Å². The number of nitrogens with zero attached hydrogens (tertiary/aromatic N) is 2. The molecule has 0 aliphatic heterocycles. The third kappa shape index (κ3) is 3.19. The largest absolute Gasteiger partial charge is 0.480 e. The van der Waals surface area contributed by atoms with E-state index < -0.39 is 5.97 Å². The van der Waals surface area contributed by atoms with Crippen LogP contribution in [-0.2, 0) is 4.79 Å². The third-order valence-corrected chi connectivity index (χ3v) is 4.43. The fourth-order valence-electron chi connectivity index (χ4n) is 3.10. The lowest BCUT2D eigenvalue weighted by atomic mass is 9.85. The lowest BCUT2D eigenvalue weighted by Gasteiger charge is -2.42. The molecule has 0 unspecified atom stereocenters. The predicted octanol–water partition coefficient (Wildman–Crippen LogP) is 1.23. The van der Waals surface area contributed by atoms with Gasteiger partial charge in [0.2, 0.25) is 0 Å². The Bertz CT molecular complexity index is 721. The molecular formula is C16H20N4O3. The van der Waals surface area contributed by atoms with Gasteiger partial charge in [-0.1, -0.05) is 19.1 Å². The number of benzene rings is 1. The quantitative estimate of drug-likeness (QED) is 0.744. The summed E-state index contributed by atoms with van der Waals surface area (Å²) in [5.41, 5.74) is 1.32. The summed E-state index contributed by atoms with van der Waals surface area (Å²) >= 11 is 0. The van der Waals surface area contributed by atoms with E-state index in [4.69, 9.17) is 5.11 Å². The maximum atomic E-state index is 12.4. The molecule has 0 spiro atoms. The Kier molecular flexibility index (Phi) is 4.29. The number of aromatic amines is 1. The summed E-state index contributed by atoms with van der Waals surface area (Å²) in [6.07, 6.45) is 3.26. The third-order valence-electron chi connectivity index (χ3n) is 4.43. The van der Waals surface area contributed by atoms with Crippen molar-refractivity contribution in [2.24, 2.45) is 0 Å². The van der Waals surface area contributed by atoms with Gasteiger partial charge in [0.1, 0.15) is 0 Å². The summed E-state index contributed by atoms with van der Waals surface area (Å²) in [7, 11) is 0. The molecule has 122 valence electrons. The molecule has 1 fully saturated rings. The Morgan fingerprint density at radius 3 is 2.91 bits per heavy atom. The molecule has 1 aromatic heterocycles. The molecule has 1 saturated carbocycles. The molecular weight excluding hydrogens is 296 g/mol. The zero-order chi connectivity index (χ0) is 16.4. The zero-order valence-electron chi connectivity index (χ0n) is 13.0. The van der Waals surface area contributed by atoms with Gasteiger partial charge in [-0.2, -0.15) is 5.10 Å². The summed E-state index contributed by atoms with van der Waals surface area (Å²) in [6.45, 7) is 2.70. The van der Waals surface area contributed by atoms with Gasteiger partial charge in [0.05, 0.1) is 23.8 Å². The number of amides is 1. The van der Waals surface area contributed by atoms with Crippen LogP contribution in [-0.4, -0.2) is 57.3 Å². The molecule has 1 aliphatic carbocycles. The van der Waals surface area contributed by atoms with E-state index in [1.807, 2.05) is 24.0 Å². The Labute approximate surface area is 133 Å². The van der Waals surface area contributed by atoms with Crippen LogP contribution < -0.4 is 5.32 Å². The van der Waals surface area contributed by atoms with Gasteiger partial charge in [-0.3, -0.25) is 19.6 Å². The van der Waals surface area contributed by atoms with Crippen molar-refractivity contribution in [2.45, 2.75) is 31.8 Å². The number of aliphatic carboxylic acids is 1. The van der Waals surface area contributed by atoms with Crippen molar-refractivity contribution in [3.63, 3.8) is 0 Å². The molecule has 1 amide bonds. The van der Waals surface area contributed by atoms with E-state index in [1.54, 1.807) is 12.3 Å². The van der Waals surface area contributed by atoms with Crippen molar-refractivity contribution < 1.29 is 14.7 Å². The van der Waals surface area contributed by atoms with Gasteiger partial charge < -0.3 is 10.4 Å². The van der Waals surface area contributed by atoms with Crippen LogP contribution in [0.1, 0.15) is 30.1 Å². The minimum Gasteiger partial charge on any atom is -0.480 e. The molecule has 0 radical (unpaired) electrons. The minimum absolute atomic E-state index is 0.0509. The second-order valence-electron chi connectivity index (χ2n) is 5.89. The SMILES string of the molecule is CCN(CC(=O)O)C1CC(NC(=O)c2cccc3cn[nH]c23)C1. The number of nitrogens with one attached hydrogen (secondary N) is 2. The van der Waals surface area contributed by atoms with Crippen LogP contribution in [0.2, 0.25) is 0 Å². The summed E-state index contributed by atoms with van der Waals surface area (Å²) in [5.74, 6) is -0.935. The number of H-pyrrole nitrogens is 1. The van der Waals surface area contributed by atoms with E-state index in [0.29, 0.717) is 12.1 Å². The van der Waals surface area contributed by atoms with Gasteiger partial charge in [-0.25, -0.2) is 0 Å². The van der Waals surface area contributed by atoms with Crippen molar-refractivity contribution in [1.29, 1.82) is 0 Å². The molecule has 1 aromatic carbocycles. The average molecular weight is 316 g/mol. The fourth-order valence-corrected chi connectivity index (χ4v) is 3.10. The van der Waals surface area contributed by atoms with Gasteiger partial charge in [0.25, 0.3) is 5.91 Å². The number of hydrogen-bond donors (Lipinski definition) is 3. The number of para-hydroxylation sites is 1. The van der Waals surface area contributed by atoms with Crippen molar-refractivity contribution in [3.05, 3.63) is 30.0 Å². The van der Waals surface area contributed by atoms with E-state index in [2.05, 4.69) is 15.5 Å². The Hall–Kier alpha value is -2.41. The van der Waals surface area contributed by atoms with Gasteiger partial charge in [0.15, 0.2) is 0 Å². The summed E-state index contributed by atoms with van der Waals surface area (Å²) in [4.78, 5) is 25.2. The van der Waals surface area contributed by atoms with Crippen LogP contribution in [0.3, 0.4) is 0 Å². The van der Waals surface area contributed by atoms with Crippen molar-refractivity contribution in [1.82, 2.24) is 20.4 Å². The van der Waals surface area contributed by atoms with Crippen LogP contribution in [0.25, 0.3) is 10.9 Å². The number of carbonyl (C=O) groups is 2. The number of carboxylic acids is 1. The molecule has 2 aromatic rings. The second-order valence-corrected chi connectivity index (χ2v) is 5.89. The highest BCUT2D eigenvalue weighted by Crippen LogP contribution is 2.26. The van der Waals surface area contributed by atoms with E-state index in [-0.39, 0.29) is 24.5 Å². The number of likely N-dealkylation sites (N-methyl/N-ethyl adjacent to an activating group) is 1. The number of rotatable bonds is 6. The van der Waals surface area contributed by atoms with E-state index >= 15 is 0 Å². The summed E-state index contributed by atoms with van der Waals surface area (Å²) < 4.78 is 0. The van der Waals surface area contributed by atoms with Crippen molar-refractivity contribution >= 4 is 22.8 Å². The lowest BCUT2D eigenvalue weighted by molar-refractivity contribution is -0.139. The Balaban J connectivity index is 1.58. The van der Waals surface area contributed by atoms with Crippen LogP contribution in [0.4, 0.5) is 0 Å². The Morgan fingerprint density at radius 1 is 1.43 bits per heavy atom. The molecule has 7 nitrogen and oxygen atoms in total. The minimum atomic E-state index is -0.815. The highest BCUT2D eigenvalue weighted by Gasteiger charge is 2.34. The maximum absolute atomic E-state index is 12.4. The average Bonchev–Trinajstić information content (AvgIpc) is 2.96. The first-order valence-electron chi connectivity index (χ1n) is 7.77. The molecule has 0 bridgehead atoms. The summed E-state index contributed by atoms with van der Waals surface area (Å²) in [5, 5.41) is 19.6. The Morgan fingerprint density at radius 2 is 2.22 bits per heavy atom.